The van der Waals surface area contributed by atoms with Crippen molar-refractivity contribution in [3.8, 4) is 0 Å². The average Bonchev–Trinajstić information content (AvgIpc) is 3.26. The number of nitrogens with zero attached hydrogens (tertiary/aromatic N) is 1. The van der Waals surface area contributed by atoms with Gasteiger partial charge in [0.15, 0.2) is 17.2 Å². The maximum absolute atomic E-state index is 12.4. The molecule has 0 bridgehead atoms. The van der Waals surface area contributed by atoms with Gasteiger partial charge in [-0.1, -0.05) is 11.6 Å². The number of oxazole rings is 1. The van der Waals surface area contributed by atoms with Gasteiger partial charge < -0.3 is 14.2 Å². The predicted octanol–water partition coefficient (Wildman–Crippen LogP) is 3.36. The van der Waals surface area contributed by atoms with Crippen LogP contribution in [0.2, 0.25) is 5.02 Å². The van der Waals surface area contributed by atoms with E-state index in [-0.39, 0.29) is 35.3 Å². The molecule has 1 aromatic carbocycles. The summed E-state index contributed by atoms with van der Waals surface area (Å²) in [6.45, 7) is 0. The fraction of sp³-hybridized carbons (Fsp3) is 0.429. The Morgan fingerprint density at radius 1 is 1.19 bits per heavy atom. The van der Waals surface area contributed by atoms with Crippen LogP contribution in [-0.2, 0) is 16.4 Å². The molecule has 3 N–H and O–H groups in total. The minimum atomic E-state index is -3.57. The summed E-state index contributed by atoms with van der Waals surface area (Å²) in [5, 5.41) is 8.63. The molecule has 5 rings (SSSR count). The van der Waals surface area contributed by atoms with Crippen LogP contribution in [0.5, 0.6) is 0 Å². The molecule has 2 heterocycles. The van der Waals surface area contributed by atoms with Gasteiger partial charge in [-0.15, -0.1) is 0 Å². The molecule has 0 atom stereocenters. The van der Waals surface area contributed by atoms with Gasteiger partial charge in [0, 0.05) is 23.4 Å². The third kappa shape index (κ3) is 4.22. The van der Waals surface area contributed by atoms with Gasteiger partial charge in [-0.2, -0.15) is 0 Å². The SMILES string of the molecule is NS(=O)(=O)CCc1ccc(C(=O)NC2CC3(C2)CC(c2nc4cc(Cl)ccc4o2)C3)o1. The lowest BCUT2D eigenvalue weighted by atomic mass is 9.50. The van der Waals surface area contributed by atoms with Gasteiger partial charge in [0.2, 0.25) is 10.0 Å². The van der Waals surface area contributed by atoms with Crippen molar-refractivity contribution in [3.63, 3.8) is 0 Å². The van der Waals surface area contributed by atoms with Gasteiger partial charge in [-0.3, -0.25) is 4.79 Å². The molecule has 0 unspecified atom stereocenters. The number of rotatable bonds is 6. The maximum atomic E-state index is 12.4. The molecule has 1 amide bonds. The molecule has 0 saturated heterocycles. The van der Waals surface area contributed by atoms with Gasteiger partial charge in [-0.05, 0) is 61.4 Å². The Morgan fingerprint density at radius 3 is 2.71 bits per heavy atom. The summed E-state index contributed by atoms with van der Waals surface area (Å²) < 4.78 is 33.4. The molecule has 31 heavy (non-hydrogen) atoms. The Bertz CT molecular complexity index is 1250. The third-order valence-electron chi connectivity index (χ3n) is 6.29. The Hall–Kier alpha value is -2.36. The average molecular weight is 464 g/mol. The monoisotopic (exact) mass is 463 g/mol. The highest BCUT2D eigenvalue weighted by atomic mass is 35.5. The highest BCUT2D eigenvalue weighted by Crippen LogP contribution is 2.61. The van der Waals surface area contributed by atoms with Gasteiger partial charge in [0.25, 0.3) is 5.91 Å². The number of fused-ring (bicyclic) bond motifs is 1. The van der Waals surface area contributed by atoms with Crippen molar-refractivity contribution in [2.75, 3.05) is 5.75 Å². The smallest absolute Gasteiger partial charge is 0.287 e. The molecule has 1 spiro atoms. The van der Waals surface area contributed by atoms with Crippen LogP contribution in [0.15, 0.2) is 39.2 Å². The minimum absolute atomic E-state index is 0.105. The first-order valence-corrected chi connectivity index (χ1v) is 12.2. The minimum Gasteiger partial charge on any atom is -0.456 e. The van der Waals surface area contributed by atoms with E-state index in [2.05, 4.69) is 10.3 Å². The predicted molar refractivity (Wildman–Crippen MR) is 114 cm³/mol. The summed E-state index contributed by atoms with van der Waals surface area (Å²) in [6.07, 6.45) is 3.97. The first-order valence-electron chi connectivity index (χ1n) is 10.1. The molecule has 2 aliphatic rings. The van der Waals surface area contributed by atoms with E-state index in [4.69, 9.17) is 25.6 Å². The number of furan rings is 1. The van der Waals surface area contributed by atoms with E-state index in [0.717, 1.165) is 42.7 Å². The van der Waals surface area contributed by atoms with E-state index in [1.54, 1.807) is 18.2 Å². The number of benzene rings is 1. The van der Waals surface area contributed by atoms with Crippen molar-refractivity contribution in [1.82, 2.24) is 10.3 Å². The topological polar surface area (TPSA) is 128 Å². The van der Waals surface area contributed by atoms with Crippen LogP contribution in [0.3, 0.4) is 0 Å². The quantitative estimate of drug-likeness (QED) is 0.576. The van der Waals surface area contributed by atoms with Crippen LogP contribution in [0, 0.1) is 5.41 Å². The lowest BCUT2D eigenvalue weighted by Gasteiger charge is -2.57. The summed E-state index contributed by atoms with van der Waals surface area (Å²) in [7, 11) is -3.57. The summed E-state index contributed by atoms with van der Waals surface area (Å²) in [6, 6.07) is 8.71. The van der Waals surface area contributed by atoms with Crippen LogP contribution >= 0.6 is 11.6 Å². The van der Waals surface area contributed by atoms with Crippen molar-refractivity contribution >= 4 is 38.6 Å². The largest absolute Gasteiger partial charge is 0.456 e. The first-order chi connectivity index (χ1) is 14.7. The van der Waals surface area contributed by atoms with E-state index in [1.807, 2.05) is 12.1 Å². The highest BCUT2D eigenvalue weighted by Gasteiger charge is 2.54. The molecule has 10 heteroatoms. The molecular formula is C21H22ClN3O5S. The van der Waals surface area contributed by atoms with Crippen molar-refractivity contribution < 1.29 is 22.0 Å². The summed E-state index contributed by atoms with van der Waals surface area (Å²) in [4.78, 5) is 17.0. The lowest BCUT2D eigenvalue weighted by molar-refractivity contribution is -0.0256. The second-order valence-electron chi connectivity index (χ2n) is 8.73. The Balaban J connectivity index is 1.11. The fourth-order valence-electron chi connectivity index (χ4n) is 4.81. The molecule has 2 fully saturated rings. The number of aryl methyl sites for hydroxylation is 1. The number of halogens is 1. The van der Waals surface area contributed by atoms with Crippen LogP contribution in [0.4, 0.5) is 0 Å². The normalized spacial score (nSPS) is 25.4. The second kappa shape index (κ2) is 7.36. The van der Waals surface area contributed by atoms with Crippen molar-refractivity contribution in [2.45, 2.75) is 44.1 Å². The van der Waals surface area contributed by atoms with E-state index in [0.29, 0.717) is 16.7 Å². The number of amides is 1. The second-order valence-corrected chi connectivity index (χ2v) is 10.9. The number of nitrogens with one attached hydrogen (secondary N) is 1. The highest BCUT2D eigenvalue weighted by molar-refractivity contribution is 7.89. The van der Waals surface area contributed by atoms with Gasteiger partial charge in [-0.25, -0.2) is 18.5 Å². The summed E-state index contributed by atoms with van der Waals surface area (Å²) in [5.74, 6) is 1.16. The van der Waals surface area contributed by atoms with Crippen molar-refractivity contribution in [1.29, 1.82) is 0 Å². The Labute approximate surface area is 184 Å². The molecule has 3 aromatic rings. The van der Waals surface area contributed by atoms with E-state index in [1.165, 1.54) is 0 Å². The number of hydrogen-bond acceptors (Lipinski definition) is 6. The van der Waals surface area contributed by atoms with Crippen molar-refractivity contribution in [3.05, 3.63) is 52.8 Å². The molecule has 164 valence electrons. The van der Waals surface area contributed by atoms with E-state index in [9.17, 15) is 13.2 Å². The molecule has 2 saturated carbocycles. The zero-order valence-corrected chi connectivity index (χ0v) is 18.2. The number of hydrogen-bond donors (Lipinski definition) is 2. The number of primary sulfonamides is 1. The fourth-order valence-corrected chi connectivity index (χ4v) is 5.46. The number of carbonyl (C=O) groups excluding carboxylic acids is 1. The molecule has 0 aliphatic heterocycles. The van der Waals surface area contributed by atoms with Crippen LogP contribution in [0.25, 0.3) is 11.1 Å². The lowest BCUT2D eigenvalue weighted by Crippen LogP contribution is -2.55. The number of sulfonamides is 1. The van der Waals surface area contributed by atoms with Gasteiger partial charge in [0.1, 0.15) is 11.3 Å². The molecule has 8 nitrogen and oxygen atoms in total. The Morgan fingerprint density at radius 2 is 1.97 bits per heavy atom. The van der Waals surface area contributed by atoms with Gasteiger partial charge in [0.05, 0.1) is 5.75 Å². The number of aromatic nitrogens is 1. The number of carbonyl (C=O) groups is 1. The van der Waals surface area contributed by atoms with Crippen LogP contribution < -0.4 is 10.5 Å². The standard InChI is InChI=1S/C21H22ClN3O5S/c22-13-1-3-17-16(7-13)25-20(30-17)12-8-21(9-12)10-14(11-21)24-19(26)18-4-2-15(29-18)5-6-31(23,27)28/h1-4,7,12,14H,5-6,8-11H2,(H,24,26)(H2,23,27,28). The zero-order valence-electron chi connectivity index (χ0n) is 16.6. The number of nitrogens with two attached hydrogens (primary N) is 1. The van der Waals surface area contributed by atoms with Crippen molar-refractivity contribution in [2.24, 2.45) is 10.6 Å². The molecule has 2 aromatic heterocycles. The summed E-state index contributed by atoms with van der Waals surface area (Å²) >= 11 is 6.02. The van der Waals surface area contributed by atoms with Crippen LogP contribution in [0.1, 0.15) is 53.8 Å². The summed E-state index contributed by atoms with van der Waals surface area (Å²) in [5.41, 5.74) is 1.77. The van der Waals surface area contributed by atoms with E-state index < -0.39 is 10.0 Å². The molecular weight excluding hydrogens is 442 g/mol. The Kier molecular flexibility index (Phi) is 4.87. The molecule has 2 aliphatic carbocycles. The maximum Gasteiger partial charge on any atom is 0.287 e. The zero-order chi connectivity index (χ0) is 21.8. The third-order valence-corrected chi connectivity index (χ3v) is 7.29. The molecule has 0 radical (unpaired) electrons. The first kappa shape index (κ1) is 20.5. The van der Waals surface area contributed by atoms with E-state index >= 15 is 0 Å². The van der Waals surface area contributed by atoms with Crippen LogP contribution in [-0.4, -0.2) is 31.1 Å². The van der Waals surface area contributed by atoms with Gasteiger partial charge >= 0.3 is 0 Å².